The van der Waals surface area contributed by atoms with Gasteiger partial charge in [0.05, 0.1) is 5.54 Å². The van der Waals surface area contributed by atoms with E-state index in [4.69, 9.17) is 5.73 Å². The number of carbonyl (C=O) groups excluding carboxylic acids is 1. The van der Waals surface area contributed by atoms with Gasteiger partial charge in [-0.3, -0.25) is 4.79 Å². The third-order valence-corrected chi connectivity index (χ3v) is 3.71. The summed E-state index contributed by atoms with van der Waals surface area (Å²) in [5.41, 5.74) is 5.59. The summed E-state index contributed by atoms with van der Waals surface area (Å²) in [4.78, 5) is 12.1. The van der Waals surface area contributed by atoms with Gasteiger partial charge in [-0.2, -0.15) is 0 Å². The average molecular weight is 317 g/mol. The summed E-state index contributed by atoms with van der Waals surface area (Å²) in [6.07, 6.45) is 1.48. The first kappa shape index (κ1) is 15.1. The summed E-state index contributed by atoms with van der Waals surface area (Å²) < 4.78 is 13.8. The largest absolute Gasteiger partial charge is 0.345 e. The highest BCUT2D eigenvalue weighted by Crippen LogP contribution is 2.18. The van der Waals surface area contributed by atoms with Crippen molar-refractivity contribution in [3.63, 3.8) is 0 Å². The van der Waals surface area contributed by atoms with Crippen molar-refractivity contribution in [2.24, 2.45) is 5.73 Å². The Morgan fingerprint density at radius 1 is 1.39 bits per heavy atom. The third-order valence-electron chi connectivity index (χ3n) is 3.25. The lowest BCUT2D eigenvalue weighted by Crippen LogP contribution is -2.52. The molecule has 0 fully saturated rings. The maximum absolute atomic E-state index is 13.2. The Hall–Kier alpha value is -0.940. The minimum Gasteiger partial charge on any atom is -0.345 e. The first-order valence-corrected chi connectivity index (χ1v) is 6.74. The highest BCUT2D eigenvalue weighted by Gasteiger charge is 2.26. The molecule has 1 aromatic carbocycles. The number of rotatable bonds is 5. The van der Waals surface area contributed by atoms with Gasteiger partial charge in [0.2, 0.25) is 0 Å². The number of halogens is 2. The van der Waals surface area contributed by atoms with Crippen LogP contribution in [0, 0.1) is 5.82 Å². The van der Waals surface area contributed by atoms with Crippen LogP contribution in [0.3, 0.4) is 0 Å². The fourth-order valence-electron chi connectivity index (χ4n) is 1.76. The van der Waals surface area contributed by atoms with Gasteiger partial charge in [-0.1, -0.05) is 29.8 Å². The molecule has 0 atom stereocenters. The maximum atomic E-state index is 13.2. The van der Waals surface area contributed by atoms with E-state index in [0.717, 1.165) is 12.8 Å². The number of carbonyl (C=O) groups is 1. The summed E-state index contributed by atoms with van der Waals surface area (Å²) in [6, 6.07) is 4.12. The Bertz CT molecular complexity index is 404. The van der Waals surface area contributed by atoms with Crippen LogP contribution >= 0.6 is 15.9 Å². The van der Waals surface area contributed by atoms with Crippen LogP contribution < -0.4 is 11.1 Å². The Morgan fingerprint density at radius 3 is 2.44 bits per heavy atom. The fraction of sp³-hybridized carbons (Fsp3) is 0.462. The van der Waals surface area contributed by atoms with Crippen LogP contribution in [0.25, 0.3) is 0 Å². The maximum Gasteiger partial charge on any atom is 0.251 e. The molecule has 0 saturated carbocycles. The zero-order chi connectivity index (χ0) is 13.8. The van der Waals surface area contributed by atoms with Crippen LogP contribution in [0.5, 0.6) is 0 Å². The first-order valence-electron chi connectivity index (χ1n) is 5.95. The van der Waals surface area contributed by atoms with E-state index < -0.39 is 11.4 Å². The molecular formula is C13H18BrFN2O. The predicted molar refractivity (Wildman–Crippen MR) is 73.9 cm³/mol. The molecule has 0 aliphatic heterocycles. The Kier molecular flexibility index (Phi) is 5.28. The molecule has 0 heterocycles. The number of benzene rings is 1. The van der Waals surface area contributed by atoms with E-state index >= 15 is 0 Å². The van der Waals surface area contributed by atoms with Crippen molar-refractivity contribution in [1.29, 1.82) is 0 Å². The lowest BCUT2D eigenvalue weighted by Gasteiger charge is -2.31. The summed E-state index contributed by atoms with van der Waals surface area (Å²) in [7, 11) is 0. The van der Waals surface area contributed by atoms with Gasteiger partial charge in [-0.15, -0.1) is 0 Å². The molecule has 0 spiro atoms. The van der Waals surface area contributed by atoms with Crippen LogP contribution in [-0.4, -0.2) is 18.0 Å². The van der Waals surface area contributed by atoms with Crippen LogP contribution in [0.2, 0.25) is 0 Å². The number of hydrogen-bond acceptors (Lipinski definition) is 2. The van der Waals surface area contributed by atoms with E-state index in [-0.39, 0.29) is 5.91 Å². The van der Waals surface area contributed by atoms with Gasteiger partial charge in [0.25, 0.3) is 5.91 Å². The fourth-order valence-corrected chi connectivity index (χ4v) is 2.23. The van der Waals surface area contributed by atoms with Crippen molar-refractivity contribution in [3.05, 3.63) is 34.1 Å². The van der Waals surface area contributed by atoms with E-state index in [1.54, 1.807) is 6.07 Å². The highest BCUT2D eigenvalue weighted by atomic mass is 79.9. The molecule has 1 rings (SSSR count). The van der Waals surface area contributed by atoms with Crippen molar-refractivity contribution in [1.82, 2.24) is 5.32 Å². The van der Waals surface area contributed by atoms with Crippen molar-refractivity contribution >= 4 is 21.8 Å². The summed E-state index contributed by atoms with van der Waals surface area (Å²) >= 11 is 3.17. The number of nitrogens with one attached hydrogen (secondary N) is 1. The number of amides is 1. The van der Waals surface area contributed by atoms with Gasteiger partial charge in [-0.25, -0.2) is 4.39 Å². The van der Waals surface area contributed by atoms with Gasteiger partial charge in [-0.05, 0) is 31.0 Å². The van der Waals surface area contributed by atoms with Crippen molar-refractivity contribution in [2.75, 3.05) is 6.54 Å². The topological polar surface area (TPSA) is 55.1 Å². The second-order valence-electron chi connectivity index (χ2n) is 4.30. The molecule has 0 unspecified atom stereocenters. The molecule has 18 heavy (non-hydrogen) atoms. The van der Waals surface area contributed by atoms with Crippen LogP contribution in [0.15, 0.2) is 22.7 Å². The minimum absolute atomic E-state index is 0.293. The summed E-state index contributed by atoms with van der Waals surface area (Å²) in [6.45, 7) is 4.30. The van der Waals surface area contributed by atoms with E-state index in [0.29, 0.717) is 16.6 Å². The van der Waals surface area contributed by atoms with Crippen molar-refractivity contribution in [2.45, 2.75) is 32.2 Å². The second-order valence-corrected chi connectivity index (χ2v) is 5.22. The molecule has 3 N–H and O–H groups in total. The van der Waals surface area contributed by atoms with Gasteiger partial charge in [0.15, 0.2) is 0 Å². The van der Waals surface area contributed by atoms with Gasteiger partial charge < -0.3 is 11.1 Å². The molecule has 0 aliphatic rings. The molecule has 0 radical (unpaired) electrons. The third kappa shape index (κ3) is 3.53. The molecule has 1 amide bonds. The zero-order valence-corrected chi connectivity index (χ0v) is 12.2. The number of nitrogens with two attached hydrogens (primary N) is 1. The molecule has 1 aromatic rings. The minimum atomic E-state index is -0.444. The van der Waals surface area contributed by atoms with Gasteiger partial charge >= 0.3 is 0 Å². The molecule has 0 aliphatic carbocycles. The smallest absolute Gasteiger partial charge is 0.251 e. The second kappa shape index (κ2) is 6.29. The molecule has 3 nitrogen and oxygen atoms in total. The van der Waals surface area contributed by atoms with Crippen LogP contribution in [-0.2, 0) is 0 Å². The Labute approximate surface area is 115 Å². The Morgan fingerprint density at radius 2 is 2.00 bits per heavy atom. The lowest BCUT2D eigenvalue weighted by molar-refractivity contribution is 0.0894. The first-order chi connectivity index (χ1) is 8.46. The number of hydrogen-bond donors (Lipinski definition) is 2. The van der Waals surface area contributed by atoms with Crippen LogP contribution in [0.1, 0.15) is 37.0 Å². The molecule has 0 bridgehead atoms. The molecule has 100 valence electrons. The van der Waals surface area contributed by atoms with E-state index in [2.05, 4.69) is 21.2 Å². The van der Waals surface area contributed by atoms with E-state index in [1.807, 2.05) is 13.8 Å². The monoisotopic (exact) mass is 316 g/mol. The van der Waals surface area contributed by atoms with Crippen molar-refractivity contribution < 1.29 is 9.18 Å². The quantitative estimate of drug-likeness (QED) is 0.877. The predicted octanol–water partition coefficient (Wildman–Crippen LogP) is 2.84. The molecule has 5 heteroatoms. The molecule has 0 saturated heterocycles. The molecule has 0 aromatic heterocycles. The van der Waals surface area contributed by atoms with E-state index in [1.165, 1.54) is 12.1 Å². The molecular weight excluding hydrogens is 299 g/mol. The van der Waals surface area contributed by atoms with Gasteiger partial charge in [0, 0.05) is 16.6 Å². The van der Waals surface area contributed by atoms with Crippen molar-refractivity contribution in [3.8, 4) is 0 Å². The highest BCUT2D eigenvalue weighted by molar-refractivity contribution is 9.10. The normalized spacial score (nSPS) is 11.4. The lowest BCUT2D eigenvalue weighted by atomic mass is 9.92. The summed E-state index contributed by atoms with van der Waals surface area (Å²) in [5, 5.41) is 2.90. The standard InChI is InChI=1S/C13H18BrFN2O/c1-3-13(4-2,8-16)17-12(18)9-5-10(14)7-11(15)6-9/h5-7H,3-4,8,16H2,1-2H3,(H,17,18). The van der Waals surface area contributed by atoms with E-state index in [9.17, 15) is 9.18 Å². The van der Waals surface area contributed by atoms with Crippen LogP contribution in [0.4, 0.5) is 4.39 Å². The Balaban J connectivity index is 2.94. The average Bonchev–Trinajstić information content (AvgIpc) is 2.35. The summed E-state index contributed by atoms with van der Waals surface area (Å²) in [5.74, 6) is -0.745. The SMILES string of the molecule is CCC(CC)(CN)NC(=O)c1cc(F)cc(Br)c1. The zero-order valence-electron chi connectivity index (χ0n) is 10.6. The van der Waals surface area contributed by atoms with Gasteiger partial charge in [0.1, 0.15) is 5.82 Å².